The normalized spacial score (nSPS) is 20.5. The molecule has 0 amide bonds. The van der Waals surface area contributed by atoms with E-state index in [2.05, 4.69) is 34.4 Å². The van der Waals surface area contributed by atoms with Gasteiger partial charge in [-0.2, -0.15) is 0 Å². The number of aromatic nitrogens is 2. The van der Waals surface area contributed by atoms with Gasteiger partial charge in [0.05, 0.1) is 11.9 Å². The lowest BCUT2D eigenvalue weighted by molar-refractivity contribution is 0.583. The molecule has 1 unspecified atom stereocenters. The smallest absolute Gasteiger partial charge is 0.171 e. The van der Waals surface area contributed by atoms with Gasteiger partial charge >= 0.3 is 0 Å². The predicted molar refractivity (Wildman–Crippen MR) is 78.4 cm³/mol. The average Bonchev–Trinajstić information content (AvgIpc) is 2.91. The highest BCUT2D eigenvalue weighted by Crippen LogP contribution is 2.07. The fraction of sp³-hybridized carbons (Fsp3) is 0.571. The molecule has 0 radical (unpaired) electrons. The van der Waals surface area contributed by atoms with Crippen LogP contribution >= 0.6 is 0 Å². The number of nitrogens with one attached hydrogen (secondary N) is 1. The molecule has 1 aromatic rings. The molecule has 5 nitrogen and oxygen atoms in total. The molecule has 1 atom stereocenters. The Balaban J connectivity index is 2.26. The maximum Gasteiger partial charge on any atom is 0.171 e. The molecular weight excluding hydrogens is 238 g/mol. The highest BCUT2D eigenvalue weighted by atomic mass is 15.1. The van der Waals surface area contributed by atoms with E-state index in [1.807, 2.05) is 11.6 Å². The summed E-state index contributed by atoms with van der Waals surface area (Å²) >= 11 is 0. The van der Waals surface area contributed by atoms with Crippen molar-refractivity contribution in [1.82, 2.24) is 14.9 Å². The van der Waals surface area contributed by atoms with Gasteiger partial charge in [0.25, 0.3) is 0 Å². The van der Waals surface area contributed by atoms with Crippen LogP contribution in [0.25, 0.3) is 6.08 Å². The van der Waals surface area contributed by atoms with Crippen molar-refractivity contribution in [3.05, 3.63) is 23.5 Å². The van der Waals surface area contributed by atoms with Gasteiger partial charge in [0, 0.05) is 13.6 Å². The molecule has 0 spiro atoms. The van der Waals surface area contributed by atoms with Crippen LogP contribution in [0.5, 0.6) is 0 Å². The number of nitrogens with two attached hydrogens (primary N) is 1. The standard InChI is InChI=1S/C14H23N5/c1-3-4-5-12-10-17-13(15)14(19(12)2)18-9-11-6-7-16-8-11/h4-5,10-11,16H,3,6-9H2,1-2H3,(H2,15,17)/b5-4+,18-14?. The summed E-state index contributed by atoms with van der Waals surface area (Å²) in [7, 11) is 1.99. The van der Waals surface area contributed by atoms with Gasteiger partial charge in [-0.1, -0.05) is 13.0 Å². The van der Waals surface area contributed by atoms with Crippen LogP contribution < -0.4 is 16.5 Å². The van der Waals surface area contributed by atoms with E-state index < -0.39 is 0 Å². The first kappa shape index (κ1) is 13.8. The Labute approximate surface area is 114 Å². The first-order valence-corrected chi connectivity index (χ1v) is 6.91. The summed E-state index contributed by atoms with van der Waals surface area (Å²) < 4.78 is 2.01. The van der Waals surface area contributed by atoms with Gasteiger partial charge < -0.3 is 15.6 Å². The van der Waals surface area contributed by atoms with Crippen molar-refractivity contribution in [1.29, 1.82) is 0 Å². The molecule has 19 heavy (non-hydrogen) atoms. The summed E-state index contributed by atoms with van der Waals surface area (Å²) in [5.41, 5.74) is 7.75. The minimum absolute atomic E-state index is 0.502. The van der Waals surface area contributed by atoms with Crippen LogP contribution in [-0.2, 0) is 7.05 Å². The third-order valence-corrected chi connectivity index (χ3v) is 3.46. The summed E-state index contributed by atoms with van der Waals surface area (Å²) in [5.74, 6) is 1.12. The zero-order valence-electron chi connectivity index (χ0n) is 11.8. The van der Waals surface area contributed by atoms with Crippen LogP contribution in [0.4, 0.5) is 5.82 Å². The van der Waals surface area contributed by atoms with E-state index in [-0.39, 0.29) is 0 Å². The Morgan fingerprint density at radius 2 is 2.47 bits per heavy atom. The Bertz CT molecular complexity index is 509. The highest BCUT2D eigenvalue weighted by Gasteiger charge is 2.13. The summed E-state index contributed by atoms with van der Waals surface area (Å²) in [4.78, 5) is 8.89. The molecule has 1 aromatic heterocycles. The van der Waals surface area contributed by atoms with Gasteiger partial charge in [0.2, 0.25) is 0 Å². The van der Waals surface area contributed by atoms with E-state index in [4.69, 9.17) is 5.73 Å². The van der Waals surface area contributed by atoms with Gasteiger partial charge in [0.1, 0.15) is 0 Å². The molecule has 104 valence electrons. The van der Waals surface area contributed by atoms with Crippen molar-refractivity contribution in [2.24, 2.45) is 18.0 Å². The summed E-state index contributed by atoms with van der Waals surface area (Å²) in [6.07, 6.45) is 8.15. The number of nitrogen functional groups attached to an aromatic ring is 1. The SMILES string of the molecule is CC/C=C/c1cnc(N)c(=NCC2CCNC2)n1C. The first-order valence-electron chi connectivity index (χ1n) is 6.91. The summed E-state index contributed by atoms with van der Waals surface area (Å²) in [6, 6.07) is 0. The van der Waals surface area contributed by atoms with Crippen molar-refractivity contribution in [2.75, 3.05) is 25.4 Å². The van der Waals surface area contributed by atoms with E-state index >= 15 is 0 Å². The number of rotatable bonds is 4. The van der Waals surface area contributed by atoms with Crippen molar-refractivity contribution in [3.8, 4) is 0 Å². The van der Waals surface area contributed by atoms with Crippen LogP contribution in [0.15, 0.2) is 17.3 Å². The van der Waals surface area contributed by atoms with Gasteiger partial charge in [-0.25, -0.2) is 4.98 Å². The second-order valence-electron chi connectivity index (χ2n) is 4.96. The van der Waals surface area contributed by atoms with E-state index in [0.29, 0.717) is 11.7 Å². The summed E-state index contributed by atoms with van der Waals surface area (Å²) in [6.45, 7) is 5.07. The fourth-order valence-corrected chi connectivity index (χ4v) is 2.24. The summed E-state index contributed by atoms with van der Waals surface area (Å²) in [5, 5.41) is 3.35. The molecule has 1 fully saturated rings. The van der Waals surface area contributed by atoms with E-state index in [1.165, 1.54) is 6.42 Å². The molecule has 0 saturated carbocycles. The number of allylic oxidation sites excluding steroid dienone is 1. The van der Waals surface area contributed by atoms with Gasteiger partial charge in [-0.05, 0) is 37.9 Å². The number of anilines is 1. The Morgan fingerprint density at radius 3 is 3.16 bits per heavy atom. The number of hydrogen-bond acceptors (Lipinski definition) is 4. The van der Waals surface area contributed by atoms with Gasteiger partial charge in [0.15, 0.2) is 11.3 Å². The topological polar surface area (TPSA) is 68.2 Å². The van der Waals surface area contributed by atoms with Crippen LogP contribution in [-0.4, -0.2) is 29.2 Å². The second kappa shape index (κ2) is 6.52. The molecule has 2 heterocycles. The van der Waals surface area contributed by atoms with E-state index in [9.17, 15) is 0 Å². The molecule has 5 heteroatoms. The second-order valence-corrected chi connectivity index (χ2v) is 4.96. The number of nitrogens with zero attached hydrogens (tertiary/aromatic N) is 3. The average molecular weight is 261 g/mol. The maximum atomic E-state index is 5.94. The molecule has 1 saturated heterocycles. The van der Waals surface area contributed by atoms with Crippen molar-refractivity contribution < 1.29 is 0 Å². The third-order valence-electron chi connectivity index (χ3n) is 3.46. The monoisotopic (exact) mass is 261 g/mol. The van der Waals surface area contributed by atoms with E-state index in [1.54, 1.807) is 6.20 Å². The minimum atomic E-state index is 0.502. The lowest BCUT2D eigenvalue weighted by Gasteiger charge is -2.09. The van der Waals surface area contributed by atoms with Crippen LogP contribution in [0, 0.1) is 5.92 Å². The zero-order chi connectivity index (χ0) is 13.7. The quantitative estimate of drug-likeness (QED) is 0.847. The molecule has 0 aliphatic carbocycles. The predicted octanol–water partition coefficient (Wildman–Crippen LogP) is 0.936. The lowest BCUT2D eigenvalue weighted by Crippen LogP contribution is -2.26. The fourth-order valence-electron chi connectivity index (χ4n) is 2.24. The van der Waals surface area contributed by atoms with E-state index in [0.717, 1.165) is 37.2 Å². The molecule has 2 rings (SSSR count). The molecule has 1 aliphatic heterocycles. The van der Waals surface area contributed by atoms with Crippen molar-refractivity contribution in [2.45, 2.75) is 19.8 Å². The van der Waals surface area contributed by atoms with Crippen molar-refractivity contribution >= 4 is 11.9 Å². The highest BCUT2D eigenvalue weighted by molar-refractivity contribution is 5.45. The molecule has 0 aromatic carbocycles. The lowest BCUT2D eigenvalue weighted by atomic mass is 10.1. The minimum Gasteiger partial charge on any atom is -0.381 e. The van der Waals surface area contributed by atoms with Crippen LogP contribution in [0.3, 0.4) is 0 Å². The molecule has 0 bridgehead atoms. The Hall–Kier alpha value is -1.62. The molecular formula is C14H23N5. The number of hydrogen-bond donors (Lipinski definition) is 2. The van der Waals surface area contributed by atoms with Crippen LogP contribution in [0.2, 0.25) is 0 Å². The largest absolute Gasteiger partial charge is 0.381 e. The molecule has 1 aliphatic rings. The third kappa shape index (κ3) is 3.44. The maximum absolute atomic E-state index is 5.94. The Kier molecular flexibility index (Phi) is 4.74. The zero-order valence-corrected chi connectivity index (χ0v) is 11.8. The molecule has 3 N–H and O–H groups in total. The van der Waals surface area contributed by atoms with Crippen LogP contribution in [0.1, 0.15) is 25.5 Å². The van der Waals surface area contributed by atoms with Gasteiger partial charge in [-0.15, -0.1) is 0 Å². The van der Waals surface area contributed by atoms with Gasteiger partial charge in [-0.3, -0.25) is 4.99 Å². The Morgan fingerprint density at radius 1 is 1.63 bits per heavy atom. The van der Waals surface area contributed by atoms with Crippen molar-refractivity contribution in [3.63, 3.8) is 0 Å². The first-order chi connectivity index (χ1) is 9.22.